The summed E-state index contributed by atoms with van der Waals surface area (Å²) in [5, 5.41) is 8.12. The molecule has 0 atom stereocenters. The first-order chi connectivity index (χ1) is 13.2. The van der Waals surface area contributed by atoms with E-state index in [1.54, 1.807) is 18.2 Å². The van der Waals surface area contributed by atoms with Gasteiger partial charge >= 0.3 is 5.97 Å². The first kappa shape index (κ1) is 16.8. The Morgan fingerprint density at radius 2 is 1.96 bits per heavy atom. The predicted molar refractivity (Wildman–Crippen MR) is 102 cm³/mol. The molecule has 2 heterocycles. The summed E-state index contributed by atoms with van der Waals surface area (Å²) < 4.78 is 4.75. The second-order valence-corrected chi connectivity index (χ2v) is 6.22. The van der Waals surface area contributed by atoms with E-state index in [1.165, 1.54) is 12.7 Å². The van der Waals surface area contributed by atoms with Crippen LogP contribution in [0.1, 0.15) is 32.0 Å². The highest BCUT2D eigenvalue weighted by molar-refractivity contribution is 6.06. The molecule has 0 aliphatic rings. The van der Waals surface area contributed by atoms with Gasteiger partial charge in [0.1, 0.15) is 5.69 Å². The van der Waals surface area contributed by atoms with Crippen molar-refractivity contribution in [3.8, 4) is 11.4 Å². The van der Waals surface area contributed by atoms with Crippen molar-refractivity contribution in [1.82, 2.24) is 15.2 Å². The number of rotatable bonds is 5. The van der Waals surface area contributed by atoms with Gasteiger partial charge < -0.3 is 9.72 Å². The van der Waals surface area contributed by atoms with Crippen LogP contribution in [0.25, 0.3) is 22.3 Å². The van der Waals surface area contributed by atoms with E-state index in [1.807, 2.05) is 24.3 Å². The Balaban J connectivity index is 1.73. The van der Waals surface area contributed by atoms with Gasteiger partial charge in [-0.2, -0.15) is 5.10 Å². The summed E-state index contributed by atoms with van der Waals surface area (Å²) >= 11 is 0. The number of hydrogen-bond acceptors (Lipinski definition) is 4. The van der Waals surface area contributed by atoms with Gasteiger partial charge in [0.15, 0.2) is 6.29 Å². The topological polar surface area (TPSA) is 87.8 Å². The molecule has 0 radical (unpaired) electrons. The van der Waals surface area contributed by atoms with E-state index in [0.717, 1.165) is 23.8 Å². The zero-order valence-electron chi connectivity index (χ0n) is 14.7. The molecule has 2 N–H and O–H groups in total. The number of H-pyrrole nitrogens is 2. The van der Waals surface area contributed by atoms with E-state index in [4.69, 9.17) is 4.74 Å². The highest BCUT2D eigenvalue weighted by Crippen LogP contribution is 2.29. The van der Waals surface area contributed by atoms with Gasteiger partial charge in [0, 0.05) is 28.6 Å². The minimum absolute atomic E-state index is 0.419. The number of benzene rings is 2. The summed E-state index contributed by atoms with van der Waals surface area (Å²) in [6.07, 6.45) is 1.52. The van der Waals surface area contributed by atoms with Crippen molar-refractivity contribution in [2.24, 2.45) is 0 Å². The quantitative estimate of drug-likeness (QED) is 0.420. The maximum atomic E-state index is 11.7. The first-order valence-electron chi connectivity index (χ1n) is 8.47. The largest absolute Gasteiger partial charge is 0.465 e. The Morgan fingerprint density at radius 1 is 1.15 bits per heavy atom. The molecule has 0 fully saturated rings. The maximum Gasteiger partial charge on any atom is 0.337 e. The lowest BCUT2D eigenvalue weighted by Gasteiger charge is -1.98. The van der Waals surface area contributed by atoms with Gasteiger partial charge in [0.05, 0.1) is 18.4 Å². The van der Waals surface area contributed by atoms with Crippen LogP contribution in [0.2, 0.25) is 0 Å². The molecule has 2 aromatic heterocycles. The number of nitrogens with zero attached hydrogens (tertiary/aromatic N) is 1. The van der Waals surface area contributed by atoms with Crippen LogP contribution < -0.4 is 0 Å². The lowest BCUT2D eigenvalue weighted by Crippen LogP contribution is -2.00. The van der Waals surface area contributed by atoms with Crippen LogP contribution >= 0.6 is 0 Å². The second kappa shape index (κ2) is 6.92. The number of carbonyl (C=O) groups excluding carboxylic acids is 2. The van der Waals surface area contributed by atoms with E-state index >= 15 is 0 Å². The van der Waals surface area contributed by atoms with E-state index < -0.39 is 5.97 Å². The number of esters is 1. The third-order valence-corrected chi connectivity index (χ3v) is 4.50. The maximum absolute atomic E-state index is 11.7. The fourth-order valence-electron chi connectivity index (χ4n) is 3.18. The number of hydrogen-bond donors (Lipinski definition) is 2. The molecule has 0 unspecified atom stereocenters. The molecule has 0 saturated heterocycles. The van der Waals surface area contributed by atoms with Gasteiger partial charge in [-0.25, -0.2) is 4.79 Å². The molecule has 0 bridgehead atoms. The number of nitrogens with one attached hydrogen (secondary N) is 2. The van der Waals surface area contributed by atoms with Crippen LogP contribution in [0, 0.1) is 0 Å². The molecule has 6 nitrogen and oxygen atoms in total. The molecule has 134 valence electrons. The number of carbonyl (C=O) groups is 2. The van der Waals surface area contributed by atoms with Crippen molar-refractivity contribution in [2.75, 3.05) is 7.11 Å². The van der Waals surface area contributed by atoms with Crippen LogP contribution in [0.15, 0.2) is 54.6 Å². The molecule has 0 aliphatic heterocycles. The summed E-state index contributed by atoms with van der Waals surface area (Å²) in [6.45, 7) is 0. The standard InChI is InChI=1S/C21H17N3O3/c1-27-21(26)14-7-8-16-17(12-25)20(22-18(16)10-14)19-11-15(23-24-19)9-13-5-3-2-4-6-13/h2-8,10-12,22H,9H2,1H3,(H,23,24). The molecule has 27 heavy (non-hydrogen) atoms. The number of methoxy groups -OCH3 is 1. The van der Waals surface area contributed by atoms with Crippen LogP contribution in [-0.2, 0) is 11.2 Å². The molecule has 0 amide bonds. The number of ether oxygens (including phenoxy) is 1. The lowest BCUT2D eigenvalue weighted by atomic mass is 10.1. The molecule has 4 aromatic rings. The fourth-order valence-corrected chi connectivity index (χ4v) is 3.18. The van der Waals surface area contributed by atoms with E-state index in [9.17, 15) is 9.59 Å². The summed E-state index contributed by atoms with van der Waals surface area (Å²) in [5.41, 5.74) is 5.00. The number of aldehydes is 1. The Hall–Kier alpha value is -3.67. The zero-order chi connectivity index (χ0) is 18.8. The highest BCUT2D eigenvalue weighted by atomic mass is 16.5. The summed E-state index contributed by atoms with van der Waals surface area (Å²) in [5.74, 6) is -0.425. The van der Waals surface area contributed by atoms with Crippen LogP contribution in [0.5, 0.6) is 0 Å². The third-order valence-electron chi connectivity index (χ3n) is 4.50. The van der Waals surface area contributed by atoms with Crippen molar-refractivity contribution >= 4 is 23.2 Å². The highest BCUT2D eigenvalue weighted by Gasteiger charge is 2.17. The third kappa shape index (κ3) is 3.13. The Bertz CT molecular complexity index is 1130. The smallest absolute Gasteiger partial charge is 0.337 e. The monoisotopic (exact) mass is 359 g/mol. The van der Waals surface area contributed by atoms with E-state index in [2.05, 4.69) is 27.3 Å². The van der Waals surface area contributed by atoms with Gasteiger partial charge in [0.25, 0.3) is 0 Å². The van der Waals surface area contributed by atoms with Gasteiger partial charge in [-0.15, -0.1) is 0 Å². The van der Waals surface area contributed by atoms with Crippen LogP contribution in [0.4, 0.5) is 0 Å². The molecule has 0 aliphatic carbocycles. The average molecular weight is 359 g/mol. The normalized spacial score (nSPS) is 10.9. The molecule has 6 heteroatoms. The van der Waals surface area contributed by atoms with E-state index in [-0.39, 0.29) is 0 Å². The minimum Gasteiger partial charge on any atom is -0.465 e. The molecular weight excluding hydrogens is 342 g/mol. The van der Waals surface area contributed by atoms with Gasteiger partial charge in [-0.1, -0.05) is 36.4 Å². The number of fused-ring (bicyclic) bond motifs is 1. The Kier molecular flexibility index (Phi) is 4.30. The Morgan fingerprint density at radius 3 is 2.70 bits per heavy atom. The van der Waals surface area contributed by atoms with Crippen molar-refractivity contribution in [3.63, 3.8) is 0 Å². The van der Waals surface area contributed by atoms with Gasteiger partial charge in [0.2, 0.25) is 0 Å². The van der Waals surface area contributed by atoms with Crippen molar-refractivity contribution in [3.05, 3.63) is 77.0 Å². The minimum atomic E-state index is -0.425. The van der Waals surface area contributed by atoms with Crippen molar-refractivity contribution in [2.45, 2.75) is 6.42 Å². The summed E-state index contributed by atoms with van der Waals surface area (Å²) in [6, 6.07) is 17.0. The lowest BCUT2D eigenvalue weighted by molar-refractivity contribution is 0.0601. The Labute approximate surface area is 155 Å². The van der Waals surface area contributed by atoms with E-state index in [0.29, 0.717) is 28.0 Å². The van der Waals surface area contributed by atoms with Crippen molar-refractivity contribution in [1.29, 1.82) is 0 Å². The van der Waals surface area contributed by atoms with Gasteiger partial charge in [-0.3, -0.25) is 9.89 Å². The summed E-state index contributed by atoms with van der Waals surface area (Å²) in [4.78, 5) is 26.6. The second-order valence-electron chi connectivity index (χ2n) is 6.22. The summed E-state index contributed by atoms with van der Waals surface area (Å²) in [7, 11) is 1.33. The fraction of sp³-hybridized carbons (Fsp3) is 0.0952. The van der Waals surface area contributed by atoms with Gasteiger partial charge in [-0.05, 0) is 23.8 Å². The van der Waals surface area contributed by atoms with Crippen LogP contribution in [-0.4, -0.2) is 34.5 Å². The molecule has 2 aromatic carbocycles. The van der Waals surface area contributed by atoms with Crippen LogP contribution in [0.3, 0.4) is 0 Å². The molecule has 4 rings (SSSR count). The molecule has 0 saturated carbocycles. The predicted octanol–water partition coefficient (Wildman–Crippen LogP) is 3.75. The molecule has 0 spiro atoms. The first-order valence-corrected chi connectivity index (χ1v) is 8.47. The number of aromatic amines is 2. The zero-order valence-corrected chi connectivity index (χ0v) is 14.7. The van der Waals surface area contributed by atoms with Crippen molar-refractivity contribution < 1.29 is 14.3 Å². The number of aromatic nitrogens is 3. The average Bonchev–Trinajstić information content (AvgIpc) is 3.31. The molecular formula is C21H17N3O3. The SMILES string of the molecule is COC(=O)c1ccc2c(C=O)c(-c3cc(Cc4ccccc4)[nH]n3)[nH]c2c1.